The molecular formula is C20H24N2O3S. The second-order valence-electron chi connectivity index (χ2n) is 6.62. The van der Waals surface area contributed by atoms with E-state index in [9.17, 15) is 13.2 Å². The summed E-state index contributed by atoms with van der Waals surface area (Å²) in [5.74, 6) is -0.208. The van der Waals surface area contributed by atoms with Crippen molar-refractivity contribution in [2.75, 3.05) is 22.0 Å². The molecule has 2 aromatic carbocycles. The fourth-order valence-corrected chi connectivity index (χ4v) is 4.64. The van der Waals surface area contributed by atoms with Crippen molar-refractivity contribution >= 4 is 27.3 Å². The number of carbonyl (C=O) groups excluding carboxylic acids is 1. The van der Waals surface area contributed by atoms with E-state index in [4.69, 9.17) is 0 Å². The molecule has 0 spiro atoms. The van der Waals surface area contributed by atoms with Crippen molar-refractivity contribution in [2.45, 2.75) is 32.7 Å². The zero-order chi connectivity index (χ0) is 18.9. The molecule has 0 bridgehead atoms. The number of fused-ring (bicyclic) bond motifs is 1. The van der Waals surface area contributed by atoms with Gasteiger partial charge in [-0.2, -0.15) is 0 Å². The lowest BCUT2D eigenvalue weighted by molar-refractivity contribution is -0.119. The van der Waals surface area contributed by atoms with E-state index in [1.807, 2.05) is 43.3 Å². The van der Waals surface area contributed by atoms with Gasteiger partial charge in [-0.3, -0.25) is 9.10 Å². The van der Waals surface area contributed by atoms with Gasteiger partial charge in [-0.15, -0.1) is 0 Å². The van der Waals surface area contributed by atoms with Crippen LogP contribution in [0.25, 0.3) is 0 Å². The van der Waals surface area contributed by atoms with Gasteiger partial charge in [-0.1, -0.05) is 37.3 Å². The second kappa shape index (κ2) is 7.11. The van der Waals surface area contributed by atoms with Gasteiger partial charge in [-0.25, -0.2) is 8.42 Å². The van der Waals surface area contributed by atoms with Gasteiger partial charge in [0.15, 0.2) is 0 Å². The van der Waals surface area contributed by atoms with Crippen LogP contribution in [0.5, 0.6) is 0 Å². The third-order valence-electron chi connectivity index (χ3n) is 4.82. The molecule has 0 N–H and O–H groups in total. The zero-order valence-electron chi connectivity index (χ0n) is 15.3. The highest BCUT2D eigenvalue weighted by Gasteiger charge is 2.34. The third kappa shape index (κ3) is 3.46. The first-order valence-corrected chi connectivity index (χ1v) is 10.7. The number of nitrogens with zero attached hydrogens (tertiary/aromatic N) is 2. The summed E-state index contributed by atoms with van der Waals surface area (Å²) in [5.41, 5.74) is 3.62. The largest absolute Gasteiger partial charge is 0.310 e. The van der Waals surface area contributed by atoms with Crippen LogP contribution >= 0.6 is 0 Å². The predicted molar refractivity (Wildman–Crippen MR) is 105 cm³/mol. The quantitative estimate of drug-likeness (QED) is 0.811. The van der Waals surface area contributed by atoms with Gasteiger partial charge in [0, 0.05) is 12.2 Å². The van der Waals surface area contributed by atoms with E-state index in [1.54, 1.807) is 24.0 Å². The lowest BCUT2D eigenvalue weighted by Gasteiger charge is -2.31. The molecule has 5 nitrogen and oxygen atoms in total. The van der Waals surface area contributed by atoms with Crippen LogP contribution in [0.4, 0.5) is 11.4 Å². The van der Waals surface area contributed by atoms with Crippen LogP contribution in [0, 0.1) is 0 Å². The minimum Gasteiger partial charge on any atom is -0.310 e. The lowest BCUT2D eigenvalue weighted by atomic mass is 10.1. The van der Waals surface area contributed by atoms with Crippen LogP contribution in [-0.4, -0.2) is 33.2 Å². The summed E-state index contributed by atoms with van der Waals surface area (Å²) in [4.78, 5) is 14.8. The van der Waals surface area contributed by atoms with E-state index < -0.39 is 16.1 Å². The maximum Gasteiger partial charge on any atom is 0.250 e. The van der Waals surface area contributed by atoms with Crippen molar-refractivity contribution in [1.82, 2.24) is 0 Å². The van der Waals surface area contributed by atoms with E-state index in [0.717, 1.165) is 35.9 Å². The molecule has 0 aromatic heterocycles. The summed E-state index contributed by atoms with van der Waals surface area (Å²) < 4.78 is 26.1. The highest BCUT2D eigenvalue weighted by molar-refractivity contribution is 7.92. The van der Waals surface area contributed by atoms with Gasteiger partial charge in [-0.05, 0) is 49.1 Å². The Morgan fingerprint density at radius 1 is 1.15 bits per heavy atom. The second-order valence-corrected chi connectivity index (χ2v) is 8.48. The van der Waals surface area contributed by atoms with E-state index in [2.05, 4.69) is 0 Å². The average Bonchev–Trinajstić information content (AvgIpc) is 3.04. The van der Waals surface area contributed by atoms with Gasteiger partial charge >= 0.3 is 0 Å². The van der Waals surface area contributed by atoms with E-state index in [0.29, 0.717) is 12.2 Å². The van der Waals surface area contributed by atoms with Crippen molar-refractivity contribution in [3.05, 3.63) is 59.7 Å². The molecule has 2 aromatic rings. The fraction of sp³-hybridized carbons (Fsp3) is 0.350. The molecule has 26 heavy (non-hydrogen) atoms. The predicted octanol–water partition coefficient (Wildman–Crippen LogP) is 2.99. The Morgan fingerprint density at radius 2 is 1.81 bits per heavy atom. The smallest absolute Gasteiger partial charge is 0.250 e. The molecule has 1 aliphatic heterocycles. The number of hydrogen-bond donors (Lipinski definition) is 0. The van der Waals surface area contributed by atoms with Crippen LogP contribution in [0.1, 0.15) is 25.0 Å². The van der Waals surface area contributed by atoms with Crippen LogP contribution < -0.4 is 9.21 Å². The number of benzene rings is 2. The van der Waals surface area contributed by atoms with E-state index in [1.165, 1.54) is 4.31 Å². The van der Waals surface area contributed by atoms with Crippen molar-refractivity contribution < 1.29 is 13.2 Å². The molecule has 0 saturated carbocycles. The summed E-state index contributed by atoms with van der Waals surface area (Å²) >= 11 is 0. The average molecular weight is 372 g/mol. The molecule has 1 aliphatic rings. The lowest BCUT2D eigenvalue weighted by Crippen LogP contribution is -2.49. The minimum atomic E-state index is -3.60. The SMILES string of the molecule is CCc1ccc(N([C@H](C)C(=O)N2CCc3ccccc32)S(C)(=O)=O)cc1. The molecular weight excluding hydrogens is 348 g/mol. The van der Waals surface area contributed by atoms with Crippen molar-refractivity contribution in [2.24, 2.45) is 0 Å². The van der Waals surface area contributed by atoms with Crippen molar-refractivity contribution in [3.63, 3.8) is 0 Å². The summed E-state index contributed by atoms with van der Waals surface area (Å²) in [6, 6.07) is 14.3. The highest BCUT2D eigenvalue weighted by atomic mass is 32.2. The molecule has 1 atom stereocenters. The molecule has 0 aliphatic carbocycles. The Hall–Kier alpha value is -2.34. The van der Waals surface area contributed by atoms with Gasteiger partial charge in [0.2, 0.25) is 10.0 Å². The monoisotopic (exact) mass is 372 g/mol. The Labute approximate surface area is 155 Å². The standard InChI is InChI=1S/C20H24N2O3S/c1-4-16-9-11-18(12-10-16)22(26(3,24)25)15(2)20(23)21-14-13-17-7-5-6-8-19(17)21/h5-12,15H,4,13-14H2,1-3H3/t15-/m1/s1. The van der Waals surface area contributed by atoms with E-state index >= 15 is 0 Å². The van der Waals surface area contributed by atoms with Crippen LogP contribution in [0.2, 0.25) is 0 Å². The number of hydrogen-bond acceptors (Lipinski definition) is 3. The fourth-order valence-electron chi connectivity index (χ4n) is 3.47. The molecule has 3 rings (SSSR count). The molecule has 138 valence electrons. The summed E-state index contributed by atoms with van der Waals surface area (Å²) in [5, 5.41) is 0. The maximum absolute atomic E-state index is 13.1. The molecule has 6 heteroatoms. The number of sulfonamides is 1. The Balaban J connectivity index is 1.93. The first-order chi connectivity index (χ1) is 12.3. The van der Waals surface area contributed by atoms with Crippen LogP contribution in [0.3, 0.4) is 0 Å². The number of rotatable bonds is 5. The molecule has 1 heterocycles. The first-order valence-electron chi connectivity index (χ1n) is 8.80. The zero-order valence-corrected chi connectivity index (χ0v) is 16.2. The van der Waals surface area contributed by atoms with Gasteiger partial charge in [0.05, 0.1) is 11.9 Å². The Kier molecular flexibility index (Phi) is 5.05. The minimum absolute atomic E-state index is 0.208. The van der Waals surface area contributed by atoms with Crippen LogP contribution in [0.15, 0.2) is 48.5 Å². The summed E-state index contributed by atoms with van der Waals surface area (Å²) in [6.07, 6.45) is 2.80. The first kappa shape index (κ1) is 18.5. The number of para-hydroxylation sites is 1. The third-order valence-corrected chi connectivity index (χ3v) is 6.06. The molecule has 0 fully saturated rings. The maximum atomic E-state index is 13.1. The molecule has 0 radical (unpaired) electrons. The normalized spacial score (nSPS) is 14.8. The summed E-state index contributed by atoms with van der Waals surface area (Å²) in [6.45, 7) is 4.27. The number of anilines is 2. The molecule has 0 saturated heterocycles. The number of amides is 1. The Morgan fingerprint density at radius 3 is 2.42 bits per heavy atom. The van der Waals surface area contributed by atoms with Gasteiger partial charge in [0.1, 0.15) is 6.04 Å². The topological polar surface area (TPSA) is 57.7 Å². The van der Waals surface area contributed by atoms with E-state index in [-0.39, 0.29) is 5.91 Å². The van der Waals surface area contributed by atoms with Gasteiger partial charge < -0.3 is 4.90 Å². The number of carbonyl (C=O) groups is 1. The van der Waals surface area contributed by atoms with Crippen LogP contribution in [-0.2, 0) is 27.7 Å². The highest BCUT2D eigenvalue weighted by Crippen LogP contribution is 2.30. The summed E-state index contributed by atoms with van der Waals surface area (Å²) in [7, 11) is -3.60. The Bertz CT molecular complexity index is 907. The number of aryl methyl sites for hydroxylation is 1. The molecule has 0 unspecified atom stereocenters. The molecule has 1 amide bonds. The van der Waals surface area contributed by atoms with Crippen molar-refractivity contribution in [1.29, 1.82) is 0 Å². The van der Waals surface area contributed by atoms with Crippen molar-refractivity contribution in [3.8, 4) is 0 Å². The van der Waals surface area contributed by atoms with Gasteiger partial charge in [0.25, 0.3) is 5.91 Å².